The van der Waals surface area contributed by atoms with Gasteiger partial charge in [-0.15, -0.1) is 11.3 Å². The van der Waals surface area contributed by atoms with E-state index in [2.05, 4.69) is 21.2 Å². The van der Waals surface area contributed by atoms with E-state index in [0.717, 1.165) is 14.6 Å². The SMILES string of the molecule is O=C(Nc1cc(Br)ccc1Cl)c1cc2ccc(F)cc2s1. The molecule has 0 fully saturated rings. The van der Waals surface area contributed by atoms with Gasteiger partial charge in [-0.3, -0.25) is 4.79 Å². The molecule has 0 saturated carbocycles. The molecule has 1 aromatic heterocycles. The highest BCUT2D eigenvalue weighted by Gasteiger charge is 2.12. The van der Waals surface area contributed by atoms with Gasteiger partial charge in [0.1, 0.15) is 5.82 Å². The summed E-state index contributed by atoms with van der Waals surface area (Å²) in [7, 11) is 0. The van der Waals surface area contributed by atoms with Gasteiger partial charge in [0.05, 0.1) is 15.6 Å². The molecule has 1 N–H and O–H groups in total. The molecule has 0 aliphatic carbocycles. The second-order valence-corrected chi connectivity index (χ2v) is 6.78. The van der Waals surface area contributed by atoms with E-state index in [1.165, 1.54) is 23.5 Å². The fourth-order valence-corrected chi connectivity index (χ4v) is 3.40. The first-order valence-electron chi connectivity index (χ1n) is 5.98. The third-order valence-electron chi connectivity index (χ3n) is 2.88. The van der Waals surface area contributed by atoms with Gasteiger partial charge in [-0.05, 0) is 41.8 Å². The number of benzene rings is 2. The molecule has 0 radical (unpaired) electrons. The van der Waals surface area contributed by atoms with Crippen molar-refractivity contribution in [3.05, 3.63) is 62.7 Å². The molecule has 2 aromatic carbocycles. The lowest BCUT2D eigenvalue weighted by atomic mass is 10.2. The van der Waals surface area contributed by atoms with Crippen LogP contribution in [0.3, 0.4) is 0 Å². The van der Waals surface area contributed by atoms with Crippen molar-refractivity contribution in [1.29, 1.82) is 0 Å². The quantitative estimate of drug-likeness (QED) is 0.602. The summed E-state index contributed by atoms with van der Waals surface area (Å²) in [5.74, 6) is -0.581. The minimum Gasteiger partial charge on any atom is -0.320 e. The van der Waals surface area contributed by atoms with E-state index < -0.39 is 0 Å². The van der Waals surface area contributed by atoms with Crippen molar-refractivity contribution >= 4 is 60.5 Å². The Kier molecular flexibility index (Phi) is 3.97. The number of halogens is 3. The highest BCUT2D eigenvalue weighted by molar-refractivity contribution is 9.10. The molecule has 1 heterocycles. The Hall–Kier alpha value is -1.43. The summed E-state index contributed by atoms with van der Waals surface area (Å²) in [5.41, 5.74) is 0.527. The molecule has 0 atom stereocenters. The summed E-state index contributed by atoms with van der Waals surface area (Å²) >= 11 is 10.6. The fraction of sp³-hybridized carbons (Fsp3) is 0. The Bertz CT molecular complexity index is 849. The normalized spacial score (nSPS) is 10.8. The van der Waals surface area contributed by atoms with Crippen LogP contribution in [0.25, 0.3) is 10.1 Å². The van der Waals surface area contributed by atoms with E-state index in [-0.39, 0.29) is 11.7 Å². The second kappa shape index (κ2) is 5.75. The minimum atomic E-state index is -0.314. The van der Waals surface area contributed by atoms with Crippen LogP contribution in [0.1, 0.15) is 9.67 Å². The predicted molar refractivity (Wildman–Crippen MR) is 88.9 cm³/mol. The van der Waals surface area contributed by atoms with Gasteiger partial charge in [-0.25, -0.2) is 4.39 Å². The molecule has 0 bridgehead atoms. The van der Waals surface area contributed by atoms with Crippen molar-refractivity contribution in [2.24, 2.45) is 0 Å². The molecule has 1 amide bonds. The number of anilines is 1. The lowest BCUT2D eigenvalue weighted by Crippen LogP contribution is -2.10. The van der Waals surface area contributed by atoms with Crippen molar-refractivity contribution < 1.29 is 9.18 Å². The molecule has 21 heavy (non-hydrogen) atoms. The van der Waals surface area contributed by atoms with Crippen LogP contribution in [0.2, 0.25) is 5.02 Å². The maximum Gasteiger partial charge on any atom is 0.265 e. The van der Waals surface area contributed by atoms with Crippen LogP contribution in [-0.2, 0) is 0 Å². The van der Waals surface area contributed by atoms with Crippen LogP contribution in [0.15, 0.2) is 46.9 Å². The Morgan fingerprint density at radius 1 is 1.19 bits per heavy atom. The van der Waals surface area contributed by atoms with Crippen LogP contribution in [0, 0.1) is 5.82 Å². The summed E-state index contributed by atoms with van der Waals surface area (Å²) in [6, 6.07) is 11.4. The molecular weight excluding hydrogens is 377 g/mol. The van der Waals surface area contributed by atoms with E-state index in [1.807, 2.05) is 0 Å². The third-order valence-corrected chi connectivity index (χ3v) is 4.80. The third kappa shape index (κ3) is 3.10. The van der Waals surface area contributed by atoms with Gasteiger partial charge in [0.2, 0.25) is 0 Å². The Morgan fingerprint density at radius 3 is 2.81 bits per heavy atom. The fourth-order valence-electron chi connectivity index (χ4n) is 1.89. The molecule has 3 rings (SSSR count). The number of hydrogen-bond donors (Lipinski definition) is 1. The van der Waals surface area contributed by atoms with Gasteiger partial charge >= 0.3 is 0 Å². The average molecular weight is 385 g/mol. The van der Waals surface area contributed by atoms with E-state index in [4.69, 9.17) is 11.6 Å². The first-order chi connectivity index (χ1) is 10.0. The highest BCUT2D eigenvalue weighted by Crippen LogP contribution is 2.29. The number of carbonyl (C=O) groups is 1. The zero-order valence-electron chi connectivity index (χ0n) is 10.5. The zero-order chi connectivity index (χ0) is 15.0. The molecule has 0 aliphatic heterocycles. The van der Waals surface area contributed by atoms with Crippen molar-refractivity contribution in [2.45, 2.75) is 0 Å². The van der Waals surface area contributed by atoms with Crippen molar-refractivity contribution in [1.82, 2.24) is 0 Å². The number of nitrogens with one attached hydrogen (secondary N) is 1. The lowest BCUT2D eigenvalue weighted by Gasteiger charge is -2.06. The first kappa shape index (κ1) is 14.5. The minimum absolute atomic E-state index is 0.267. The Balaban J connectivity index is 1.91. The molecular formula is C15H8BrClFNOS. The molecule has 0 saturated heterocycles. The van der Waals surface area contributed by atoms with Gasteiger partial charge in [0, 0.05) is 9.17 Å². The maximum absolute atomic E-state index is 13.2. The molecule has 2 nitrogen and oxygen atoms in total. The molecule has 0 aliphatic rings. The number of thiophene rings is 1. The Morgan fingerprint density at radius 2 is 2.00 bits per heavy atom. The number of hydrogen-bond acceptors (Lipinski definition) is 2. The second-order valence-electron chi connectivity index (χ2n) is 4.37. The molecule has 6 heteroatoms. The van der Waals surface area contributed by atoms with Gasteiger partial charge in [0.15, 0.2) is 0 Å². The number of amides is 1. The van der Waals surface area contributed by atoms with Gasteiger partial charge in [0.25, 0.3) is 5.91 Å². The summed E-state index contributed by atoms with van der Waals surface area (Å²) < 4.78 is 14.7. The largest absolute Gasteiger partial charge is 0.320 e. The van der Waals surface area contributed by atoms with Gasteiger partial charge < -0.3 is 5.32 Å². The molecule has 0 spiro atoms. The molecule has 3 aromatic rings. The number of carbonyl (C=O) groups excluding carboxylic acids is 1. The monoisotopic (exact) mass is 383 g/mol. The average Bonchev–Trinajstić information content (AvgIpc) is 2.86. The van der Waals surface area contributed by atoms with Crippen molar-refractivity contribution in [2.75, 3.05) is 5.32 Å². The van der Waals surface area contributed by atoms with E-state index >= 15 is 0 Å². The molecule has 0 unspecified atom stereocenters. The smallest absolute Gasteiger partial charge is 0.265 e. The number of fused-ring (bicyclic) bond motifs is 1. The van der Waals surface area contributed by atoms with Crippen LogP contribution in [0.5, 0.6) is 0 Å². The van der Waals surface area contributed by atoms with Gasteiger partial charge in [-0.1, -0.05) is 33.6 Å². The van der Waals surface area contributed by atoms with Crippen molar-refractivity contribution in [3.8, 4) is 0 Å². The predicted octanol–water partition coefficient (Wildman–Crippen LogP) is 5.71. The summed E-state index contributed by atoms with van der Waals surface area (Å²) in [5, 5.41) is 4.06. The molecule has 106 valence electrons. The summed E-state index contributed by atoms with van der Waals surface area (Å²) in [6.45, 7) is 0. The summed E-state index contributed by atoms with van der Waals surface area (Å²) in [4.78, 5) is 12.8. The van der Waals surface area contributed by atoms with Crippen LogP contribution >= 0.6 is 38.9 Å². The summed E-state index contributed by atoms with van der Waals surface area (Å²) in [6.07, 6.45) is 0. The highest BCUT2D eigenvalue weighted by atomic mass is 79.9. The van der Waals surface area contributed by atoms with Gasteiger partial charge in [-0.2, -0.15) is 0 Å². The van der Waals surface area contributed by atoms with Crippen molar-refractivity contribution in [3.63, 3.8) is 0 Å². The van der Waals surface area contributed by atoms with Crippen LogP contribution in [0.4, 0.5) is 10.1 Å². The first-order valence-corrected chi connectivity index (χ1v) is 7.97. The topological polar surface area (TPSA) is 29.1 Å². The van der Waals surface area contributed by atoms with E-state index in [0.29, 0.717) is 15.6 Å². The van der Waals surface area contributed by atoms with E-state index in [9.17, 15) is 9.18 Å². The zero-order valence-corrected chi connectivity index (χ0v) is 13.7. The standard InChI is InChI=1S/C15H8BrClFNOS/c16-9-2-4-11(17)12(6-9)19-15(20)14-5-8-1-3-10(18)7-13(8)21-14/h1-7H,(H,19,20). The maximum atomic E-state index is 13.2. The van der Waals surface area contributed by atoms with Crippen LogP contribution < -0.4 is 5.32 Å². The van der Waals surface area contributed by atoms with Crippen LogP contribution in [-0.4, -0.2) is 5.91 Å². The Labute approximate surface area is 137 Å². The number of rotatable bonds is 2. The lowest BCUT2D eigenvalue weighted by molar-refractivity contribution is 0.103. The van der Waals surface area contributed by atoms with E-state index in [1.54, 1.807) is 30.3 Å².